The van der Waals surface area contributed by atoms with Crippen LogP contribution in [0.4, 0.5) is 5.69 Å². The number of nitrogens with one attached hydrogen (secondary N) is 1. The van der Waals surface area contributed by atoms with Gasteiger partial charge in [-0.2, -0.15) is 10.5 Å². The van der Waals surface area contributed by atoms with E-state index in [0.29, 0.717) is 16.8 Å². The van der Waals surface area contributed by atoms with E-state index >= 15 is 0 Å². The highest BCUT2D eigenvalue weighted by molar-refractivity contribution is 6.04. The topological polar surface area (TPSA) is 158 Å². The molecule has 2 heterocycles. The molecule has 36 heavy (non-hydrogen) atoms. The van der Waals surface area contributed by atoms with Crippen LogP contribution in [0, 0.1) is 22.7 Å². The molecule has 10 nitrogen and oxygen atoms in total. The molecule has 10 heteroatoms. The van der Waals surface area contributed by atoms with Gasteiger partial charge in [0.05, 0.1) is 35.8 Å². The predicted molar refractivity (Wildman–Crippen MR) is 130 cm³/mol. The van der Waals surface area contributed by atoms with Gasteiger partial charge in [0.15, 0.2) is 5.69 Å². The minimum absolute atomic E-state index is 0.0895. The van der Waals surface area contributed by atoms with Crippen molar-refractivity contribution in [3.05, 3.63) is 106 Å². The lowest BCUT2D eigenvalue weighted by atomic mass is 9.84. The van der Waals surface area contributed by atoms with Crippen molar-refractivity contribution in [1.82, 2.24) is 14.7 Å². The minimum atomic E-state index is -0.719. The third kappa shape index (κ3) is 5.64. The summed E-state index contributed by atoms with van der Waals surface area (Å²) in [4.78, 5) is 26.7. The summed E-state index contributed by atoms with van der Waals surface area (Å²) in [5.74, 6) is -1.33. The van der Waals surface area contributed by atoms with E-state index in [9.17, 15) is 25.2 Å². The summed E-state index contributed by atoms with van der Waals surface area (Å²) in [6.07, 6.45) is 4.48. The van der Waals surface area contributed by atoms with Gasteiger partial charge in [-0.1, -0.05) is 48.5 Å². The molecule has 180 valence electrons. The lowest BCUT2D eigenvalue weighted by Gasteiger charge is -2.18. The molecule has 0 aliphatic carbocycles. The van der Waals surface area contributed by atoms with Crippen LogP contribution in [-0.4, -0.2) is 25.7 Å². The van der Waals surface area contributed by atoms with Crippen molar-refractivity contribution in [3.63, 3.8) is 0 Å². The van der Waals surface area contributed by atoms with Gasteiger partial charge < -0.3 is 14.9 Å². The van der Waals surface area contributed by atoms with E-state index in [0.717, 1.165) is 28.4 Å². The summed E-state index contributed by atoms with van der Waals surface area (Å²) in [7, 11) is 1.41. The van der Waals surface area contributed by atoms with Crippen molar-refractivity contribution in [2.24, 2.45) is 7.05 Å². The van der Waals surface area contributed by atoms with Gasteiger partial charge in [-0.05, 0) is 29.7 Å². The fourth-order valence-corrected chi connectivity index (χ4v) is 3.56. The van der Waals surface area contributed by atoms with Crippen molar-refractivity contribution < 1.29 is 14.4 Å². The Balaban J connectivity index is 0.000000202. The van der Waals surface area contributed by atoms with E-state index in [2.05, 4.69) is 39.0 Å². The molecular formula is C26H22N6O4. The molecule has 0 aliphatic heterocycles. The highest BCUT2D eigenvalue weighted by Gasteiger charge is 2.19. The van der Waals surface area contributed by atoms with Crippen LogP contribution in [0.1, 0.15) is 52.0 Å². The SMILES string of the molecule is CCC(c1ccccc1C#N)c1ccccc1C#N.Cn1cnc(C(=O)Nc2cnoc2)c(O)c1=O. The number of carbonyl (C=O) groups excluding carboxylic acids is 1. The van der Waals surface area contributed by atoms with Gasteiger partial charge in [-0.15, -0.1) is 0 Å². The van der Waals surface area contributed by atoms with Crippen molar-refractivity contribution in [3.8, 4) is 17.9 Å². The maximum atomic E-state index is 11.6. The monoisotopic (exact) mass is 482 g/mol. The van der Waals surface area contributed by atoms with Gasteiger partial charge in [0.1, 0.15) is 12.0 Å². The van der Waals surface area contributed by atoms with E-state index in [1.807, 2.05) is 48.5 Å². The molecule has 1 amide bonds. The Bertz CT molecular complexity index is 1440. The highest BCUT2D eigenvalue weighted by atomic mass is 16.5. The number of hydrogen-bond donors (Lipinski definition) is 2. The van der Waals surface area contributed by atoms with E-state index in [4.69, 9.17) is 0 Å². The Morgan fingerprint density at radius 1 is 1.11 bits per heavy atom. The van der Waals surface area contributed by atoms with Gasteiger partial charge in [-0.25, -0.2) is 4.98 Å². The molecule has 4 rings (SSSR count). The van der Waals surface area contributed by atoms with Crippen molar-refractivity contribution in [2.75, 3.05) is 5.32 Å². The van der Waals surface area contributed by atoms with Crippen molar-refractivity contribution >= 4 is 11.6 Å². The molecule has 0 fully saturated rings. The summed E-state index contributed by atoms with van der Waals surface area (Å²) in [5, 5.41) is 33.7. The number of carbonyl (C=O) groups is 1. The summed E-state index contributed by atoms with van der Waals surface area (Å²) in [6.45, 7) is 2.08. The first-order chi connectivity index (χ1) is 17.4. The Hall–Kier alpha value is -5.22. The first kappa shape index (κ1) is 25.4. The fraction of sp³-hybridized carbons (Fsp3) is 0.154. The Labute approximate surface area is 206 Å². The standard InChI is InChI=1S/C17H14N2.C9H8N4O4/c1-2-15(16-9-5-3-7-13(16)11-18)17-10-6-4-8-14(17)12-19;1-13-4-10-6(7(14)9(13)16)8(15)12-5-2-11-17-3-5/h3-10,15H,2H2,1H3;2-4,14H,1H3,(H,12,15). The largest absolute Gasteiger partial charge is 0.501 e. The lowest BCUT2D eigenvalue weighted by Crippen LogP contribution is -2.22. The molecule has 2 N–H and O–H groups in total. The lowest BCUT2D eigenvalue weighted by molar-refractivity contribution is 0.101. The van der Waals surface area contributed by atoms with E-state index < -0.39 is 17.2 Å². The molecule has 0 saturated heterocycles. The van der Waals surface area contributed by atoms with E-state index in [1.165, 1.54) is 19.5 Å². The smallest absolute Gasteiger partial charge is 0.296 e. The molecular weight excluding hydrogens is 460 g/mol. The number of rotatable bonds is 5. The van der Waals surface area contributed by atoms with Gasteiger partial charge >= 0.3 is 0 Å². The molecule has 4 aromatic rings. The number of nitrogens with zero attached hydrogens (tertiary/aromatic N) is 5. The van der Waals surface area contributed by atoms with Crippen LogP contribution in [0.15, 0.2) is 76.6 Å². The van der Waals surface area contributed by atoms with Gasteiger partial charge in [0, 0.05) is 13.0 Å². The van der Waals surface area contributed by atoms with Crippen LogP contribution in [-0.2, 0) is 7.05 Å². The molecule has 0 atom stereocenters. The third-order valence-corrected chi connectivity index (χ3v) is 5.33. The maximum absolute atomic E-state index is 11.6. The Morgan fingerprint density at radius 3 is 2.19 bits per heavy atom. The average Bonchev–Trinajstić information content (AvgIpc) is 3.41. The third-order valence-electron chi connectivity index (χ3n) is 5.33. The molecule has 0 bridgehead atoms. The van der Waals surface area contributed by atoms with Crippen LogP contribution in [0.5, 0.6) is 5.75 Å². The summed E-state index contributed by atoms with van der Waals surface area (Å²) >= 11 is 0. The Kier molecular flexibility index (Phi) is 8.31. The first-order valence-corrected chi connectivity index (χ1v) is 10.8. The summed E-state index contributed by atoms with van der Waals surface area (Å²) < 4.78 is 5.57. The predicted octanol–water partition coefficient (Wildman–Crippen LogP) is 3.70. The average molecular weight is 483 g/mol. The molecule has 0 saturated carbocycles. The van der Waals surface area contributed by atoms with Crippen LogP contribution in [0.25, 0.3) is 0 Å². The second-order valence-corrected chi connectivity index (χ2v) is 7.58. The molecule has 0 radical (unpaired) electrons. The van der Waals surface area contributed by atoms with Crippen molar-refractivity contribution in [2.45, 2.75) is 19.3 Å². The zero-order chi connectivity index (χ0) is 26.1. The maximum Gasteiger partial charge on any atom is 0.296 e. The number of nitriles is 2. The molecule has 0 unspecified atom stereocenters. The van der Waals surface area contributed by atoms with Gasteiger partial charge in [0.2, 0.25) is 5.75 Å². The number of aromatic hydroxyl groups is 1. The number of hydrogen-bond acceptors (Lipinski definition) is 8. The summed E-state index contributed by atoms with van der Waals surface area (Å²) in [5.41, 5.74) is 2.61. The number of aryl methyl sites for hydroxylation is 1. The highest BCUT2D eigenvalue weighted by Crippen LogP contribution is 2.31. The van der Waals surface area contributed by atoms with E-state index in [1.54, 1.807) is 0 Å². The van der Waals surface area contributed by atoms with Crippen LogP contribution in [0.2, 0.25) is 0 Å². The number of benzene rings is 2. The second-order valence-electron chi connectivity index (χ2n) is 7.58. The molecule has 2 aromatic carbocycles. The first-order valence-electron chi connectivity index (χ1n) is 10.8. The molecule has 0 aliphatic rings. The minimum Gasteiger partial charge on any atom is -0.501 e. The van der Waals surface area contributed by atoms with Crippen LogP contribution >= 0.6 is 0 Å². The molecule has 0 spiro atoms. The number of amides is 1. The quantitative estimate of drug-likeness (QED) is 0.436. The van der Waals surface area contributed by atoms with Gasteiger partial charge in [-0.3, -0.25) is 14.2 Å². The number of anilines is 1. The van der Waals surface area contributed by atoms with Crippen LogP contribution in [0.3, 0.4) is 0 Å². The van der Waals surface area contributed by atoms with E-state index in [-0.39, 0.29) is 11.6 Å². The van der Waals surface area contributed by atoms with Crippen molar-refractivity contribution in [1.29, 1.82) is 10.5 Å². The van der Waals surface area contributed by atoms with Crippen LogP contribution < -0.4 is 10.9 Å². The summed E-state index contributed by atoms with van der Waals surface area (Å²) in [6, 6.07) is 19.7. The fourth-order valence-electron chi connectivity index (χ4n) is 3.56. The normalized spacial score (nSPS) is 10.0. The van der Waals surface area contributed by atoms with Gasteiger partial charge in [0.25, 0.3) is 11.5 Å². The molecule has 2 aromatic heterocycles. The second kappa shape index (κ2) is 11.8. The zero-order valence-corrected chi connectivity index (χ0v) is 19.5. The number of aromatic nitrogens is 3. The zero-order valence-electron chi connectivity index (χ0n) is 19.5. The Morgan fingerprint density at radius 2 is 1.69 bits per heavy atom.